The number of ether oxygens (including phenoxy) is 1. The molecule has 0 heterocycles. The summed E-state index contributed by atoms with van der Waals surface area (Å²) in [6.07, 6.45) is 4.06. The Kier molecular flexibility index (Phi) is 4.98. The molecule has 136 valence electrons. The number of aliphatic hydroxyl groups is 2. The molecule has 0 bridgehead atoms. The van der Waals surface area contributed by atoms with Crippen molar-refractivity contribution in [1.82, 2.24) is 0 Å². The van der Waals surface area contributed by atoms with E-state index in [2.05, 4.69) is 27.7 Å². The molecule has 1 fully saturated rings. The molecule has 2 N–H and O–H groups in total. The van der Waals surface area contributed by atoms with Gasteiger partial charge in [-0.3, -0.25) is 0 Å². The highest BCUT2D eigenvalue weighted by Gasteiger charge is 2.50. The summed E-state index contributed by atoms with van der Waals surface area (Å²) in [5.74, 6) is 0.972. The van der Waals surface area contributed by atoms with Crippen LogP contribution in [0.1, 0.15) is 59.8 Å². The second-order valence-electron chi connectivity index (χ2n) is 8.75. The lowest BCUT2D eigenvalue weighted by molar-refractivity contribution is 0.0296. The van der Waals surface area contributed by atoms with Crippen molar-refractivity contribution in [3.8, 4) is 0 Å². The zero-order chi connectivity index (χ0) is 17.6. The van der Waals surface area contributed by atoms with E-state index in [1.165, 1.54) is 22.3 Å². The average Bonchev–Trinajstić information content (AvgIpc) is 3.08. The summed E-state index contributed by atoms with van der Waals surface area (Å²) in [6.45, 7) is 9.47. The summed E-state index contributed by atoms with van der Waals surface area (Å²) in [4.78, 5) is 0. The Morgan fingerprint density at radius 2 is 1.96 bits per heavy atom. The van der Waals surface area contributed by atoms with Crippen LogP contribution in [0.25, 0.3) is 0 Å². The third-order valence-corrected chi connectivity index (χ3v) is 7.12. The van der Waals surface area contributed by atoms with Crippen LogP contribution < -0.4 is 0 Å². The van der Waals surface area contributed by atoms with Crippen molar-refractivity contribution in [2.45, 2.75) is 72.0 Å². The third kappa shape index (κ3) is 2.69. The van der Waals surface area contributed by atoms with E-state index in [1.807, 2.05) is 0 Å². The van der Waals surface area contributed by atoms with E-state index in [9.17, 15) is 10.2 Å². The molecule has 3 heteroatoms. The van der Waals surface area contributed by atoms with E-state index in [0.717, 1.165) is 32.1 Å². The maximum absolute atomic E-state index is 11.5. The third-order valence-electron chi connectivity index (χ3n) is 7.12. The van der Waals surface area contributed by atoms with Gasteiger partial charge in [-0.15, -0.1) is 0 Å². The fourth-order valence-corrected chi connectivity index (χ4v) is 5.54. The molecule has 0 aliphatic heterocycles. The molecule has 0 spiro atoms. The monoisotopic (exact) mass is 334 g/mol. The summed E-state index contributed by atoms with van der Waals surface area (Å²) in [5, 5.41) is 22.4. The Bertz CT molecular complexity index is 559. The van der Waals surface area contributed by atoms with Crippen molar-refractivity contribution in [3.05, 3.63) is 22.3 Å². The molecule has 0 amide bonds. The van der Waals surface area contributed by atoms with Crippen LogP contribution in [0.15, 0.2) is 22.3 Å². The van der Waals surface area contributed by atoms with Gasteiger partial charge >= 0.3 is 0 Å². The highest BCUT2D eigenvalue weighted by Crippen LogP contribution is 2.56. The molecule has 3 rings (SSSR count). The van der Waals surface area contributed by atoms with Gasteiger partial charge in [-0.2, -0.15) is 0 Å². The highest BCUT2D eigenvalue weighted by atomic mass is 16.5. The van der Waals surface area contributed by atoms with Crippen molar-refractivity contribution in [1.29, 1.82) is 0 Å². The molecule has 0 aromatic rings. The molecule has 1 saturated carbocycles. The number of fused-ring (bicyclic) bond motifs is 2. The largest absolute Gasteiger partial charge is 0.392 e. The second-order valence-corrected chi connectivity index (χ2v) is 8.75. The number of aliphatic hydroxyl groups excluding tert-OH is 2. The number of rotatable bonds is 3. The van der Waals surface area contributed by atoms with Gasteiger partial charge in [-0.25, -0.2) is 0 Å². The number of hydrogen-bond donors (Lipinski definition) is 2. The Hall–Kier alpha value is -0.640. The summed E-state index contributed by atoms with van der Waals surface area (Å²) >= 11 is 0. The van der Waals surface area contributed by atoms with Crippen LogP contribution in [0.5, 0.6) is 0 Å². The number of methoxy groups -OCH3 is 1. The van der Waals surface area contributed by atoms with Crippen molar-refractivity contribution in [3.63, 3.8) is 0 Å². The van der Waals surface area contributed by atoms with Crippen molar-refractivity contribution >= 4 is 0 Å². The predicted octanol–water partition coefficient (Wildman–Crippen LogP) is 3.85. The van der Waals surface area contributed by atoms with E-state index in [0.29, 0.717) is 18.4 Å². The van der Waals surface area contributed by atoms with Crippen LogP contribution >= 0.6 is 0 Å². The van der Waals surface area contributed by atoms with Crippen LogP contribution in [0.4, 0.5) is 0 Å². The predicted molar refractivity (Wildman–Crippen MR) is 96.6 cm³/mol. The zero-order valence-corrected chi connectivity index (χ0v) is 15.9. The molecule has 3 aliphatic rings. The number of allylic oxidation sites excluding steroid dienone is 1. The molecule has 0 saturated heterocycles. The van der Waals surface area contributed by atoms with Crippen LogP contribution in [-0.2, 0) is 4.74 Å². The Morgan fingerprint density at radius 3 is 2.58 bits per heavy atom. The van der Waals surface area contributed by atoms with E-state index >= 15 is 0 Å². The first kappa shape index (κ1) is 18.2. The maximum Gasteiger partial charge on any atom is 0.0847 e. The quantitative estimate of drug-likeness (QED) is 0.771. The molecule has 3 nitrogen and oxygen atoms in total. The first-order valence-corrected chi connectivity index (χ1v) is 9.60. The minimum Gasteiger partial charge on any atom is -0.392 e. The lowest BCUT2D eigenvalue weighted by Crippen LogP contribution is -2.42. The fraction of sp³-hybridized carbons (Fsp3) is 0.810. The minimum absolute atomic E-state index is 0.190. The smallest absolute Gasteiger partial charge is 0.0847 e. The molecule has 0 radical (unpaired) electrons. The number of hydrogen-bond acceptors (Lipinski definition) is 3. The normalized spacial score (nSPS) is 40.0. The van der Waals surface area contributed by atoms with Gasteiger partial charge in [0, 0.05) is 12.5 Å². The molecule has 0 aromatic carbocycles. The molecular formula is C21H34O3. The zero-order valence-electron chi connectivity index (χ0n) is 15.9. The van der Waals surface area contributed by atoms with Crippen LogP contribution in [0, 0.1) is 23.2 Å². The molecule has 0 unspecified atom stereocenters. The Morgan fingerprint density at radius 1 is 1.25 bits per heavy atom. The van der Waals surface area contributed by atoms with Gasteiger partial charge in [-0.1, -0.05) is 38.8 Å². The standard InChI is InChI=1S/C21H34O3/c1-12(2)15-8-9-21(4)17(15)10-18(22)13(3)16-7-6-14(11-24-5)19(16)20(21)23/h12-13,16,18,20,22-23H,6-11H2,1-5H3/t13-,16+,18+,20+,21+/m1/s1. The SMILES string of the molecule is COCC1=C2[C@@H](CC1)[C@@H](C)[C@@H](O)CC1=C(C(C)C)CC[C@]1(C)[C@H]2O. The topological polar surface area (TPSA) is 49.7 Å². The molecule has 0 aromatic heterocycles. The maximum atomic E-state index is 11.5. The van der Waals surface area contributed by atoms with Crippen molar-refractivity contribution in [2.24, 2.45) is 23.2 Å². The van der Waals surface area contributed by atoms with E-state index in [-0.39, 0.29) is 17.4 Å². The fourth-order valence-electron chi connectivity index (χ4n) is 5.54. The van der Waals surface area contributed by atoms with Crippen molar-refractivity contribution in [2.75, 3.05) is 13.7 Å². The summed E-state index contributed by atoms with van der Waals surface area (Å²) in [5.41, 5.74) is 5.03. The Balaban J connectivity index is 2.12. The average molecular weight is 335 g/mol. The van der Waals surface area contributed by atoms with Crippen molar-refractivity contribution < 1.29 is 14.9 Å². The van der Waals surface area contributed by atoms with E-state index < -0.39 is 6.10 Å². The molecule has 3 aliphatic carbocycles. The lowest BCUT2D eigenvalue weighted by atomic mass is 9.65. The summed E-state index contributed by atoms with van der Waals surface area (Å²) in [6, 6.07) is 0. The molecule has 5 atom stereocenters. The van der Waals surface area contributed by atoms with E-state index in [1.54, 1.807) is 7.11 Å². The van der Waals surface area contributed by atoms with Gasteiger partial charge in [0.25, 0.3) is 0 Å². The second kappa shape index (κ2) is 6.59. The van der Waals surface area contributed by atoms with E-state index in [4.69, 9.17) is 4.74 Å². The summed E-state index contributed by atoms with van der Waals surface area (Å²) in [7, 11) is 1.73. The highest BCUT2D eigenvalue weighted by molar-refractivity contribution is 5.39. The minimum atomic E-state index is -0.434. The first-order chi connectivity index (χ1) is 11.3. The lowest BCUT2D eigenvalue weighted by Gasteiger charge is -2.43. The van der Waals surface area contributed by atoms with Crippen LogP contribution in [0.2, 0.25) is 0 Å². The van der Waals surface area contributed by atoms with Gasteiger partial charge in [0.15, 0.2) is 0 Å². The summed E-state index contributed by atoms with van der Waals surface area (Å²) < 4.78 is 5.42. The van der Waals surface area contributed by atoms with Gasteiger partial charge < -0.3 is 14.9 Å². The van der Waals surface area contributed by atoms with Gasteiger partial charge in [0.2, 0.25) is 0 Å². The van der Waals surface area contributed by atoms with Crippen LogP contribution in [0.3, 0.4) is 0 Å². The van der Waals surface area contributed by atoms with Crippen LogP contribution in [-0.4, -0.2) is 36.1 Å². The molecule has 24 heavy (non-hydrogen) atoms. The first-order valence-electron chi connectivity index (χ1n) is 9.60. The van der Waals surface area contributed by atoms with Gasteiger partial charge in [-0.05, 0) is 61.0 Å². The Labute approximate surface area is 146 Å². The van der Waals surface area contributed by atoms with Gasteiger partial charge in [0.05, 0.1) is 18.8 Å². The van der Waals surface area contributed by atoms with Gasteiger partial charge in [0.1, 0.15) is 0 Å². The molecular weight excluding hydrogens is 300 g/mol.